The molecule has 0 aromatic heterocycles. The maximum absolute atomic E-state index is 11.2. The number of hydrogen-bond acceptors (Lipinski definition) is 2. The first-order valence-corrected chi connectivity index (χ1v) is 4.11. The van der Waals surface area contributed by atoms with Gasteiger partial charge < -0.3 is 10.4 Å². The van der Waals surface area contributed by atoms with Crippen molar-refractivity contribution in [2.75, 3.05) is 0 Å². The predicted octanol–water partition coefficient (Wildman–Crippen LogP) is 0.0359. The number of amides is 1. The van der Waals surface area contributed by atoms with Crippen molar-refractivity contribution >= 4 is 5.91 Å². The molecule has 3 heteroatoms. The fraction of sp³-hybridized carbons (Fsp3) is 0.875. The number of aliphatic hydroxyl groups excluding tert-OH is 1. The quantitative estimate of drug-likeness (QED) is 0.518. The maximum Gasteiger partial charge on any atom is 0.226 e. The summed E-state index contributed by atoms with van der Waals surface area (Å²) in [5.41, 5.74) is -0.0129. The zero-order valence-electron chi connectivity index (χ0n) is 6.63. The normalized spacial score (nSPS) is 49.1. The van der Waals surface area contributed by atoms with Crippen LogP contribution in [0.3, 0.4) is 0 Å². The lowest BCUT2D eigenvalue weighted by atomic mass is 9.80. The SMILES string of the molecule is C[C@@]12CC[C@H](O)[C@H](C1)C(=O)N2. The molecule has 2 fully saturated rings. The maximum atomic E-state index is 11.2. The van der Waals surface area contributed by atoms with Crippen LogP contribution in [-0.4, -0.2) is 22.7 Å². The van der Waals surface area contributed by atoms with E-state index in [1.54, 1.807) is 0 Å². The topological polar surface area (TPSA) is 49.3 Å². The van der Waals surface area contributed by atoms with Gasteiger partial charge in [0.25, 0.3) is 0 Å². The van der Waals surface area contributed by atoms with E-state index in [0.717, 1.165) is 19.3 Å². The molecular weight excluding hydrogens is 142 g/mol. The fourth-order valence-corrected chi connectivity index (χ4v) is 2.16. The number of nitrogens with one attached hydrogen (secondary N) is 1. The van der Waals surface area contributed by atoms with Crippen LogP contribution in [0.5, 0.6) is 0 Å². The van der Waals surface area contributed by atoms with Crippen LogP contribution in [0.25, 0.3) is 0 Å². The molecule has 0 radical (unpaired) electrons. The average molecular weight is 155 g/mol. The molecule has 62 valence electrons. The Balaban J connectivity index is 2.24. The third kappa shape index (κ3) is 0.948. The molecule has 2 N–H and O–H groups in total. The van der Waals surface area contributed by atoms with E-state index < -0.39 is 6.10 Å². The summed E-state index contributed by atoms with van der Waals surface area (Å²) in [7, 11) is 0. The van der Waals surface area contributed by atoms with Crippen LogP contribution in [0.15, 0.2) is 0 Å². The van der Waals surface area contributed by atoms with Crippen molar-refractivity contribution < 1.29 is 9.90 Å². The Kier molecular flexibility index (Phi) is 1.27. The lowest BCUT2D eigenvalue weighted by molar-refractivity contribution is -0.125. The second-order valence-corrected chi connectivity index (χ2v) is 3.97. The molecule has 3 atom stereocenters. The van der Waals surface area contributed by atoms with Crippen LogP contribution < -0.4 is 5.32 Å². The Morgan fingerprint density at radius 1 is 1.73 bits per heavy atom. The third-order valence-electron chi connectivity index (χ3n) is 2.89. The lowest BCUT2D eigenvalue weighted by Crippen LogP contribution is -2.38. The van der Waals surface area contributed by atoms with Gasteiger partial charge in [-0.3, -0.25) is 4.79 Å². The van der Waals surface area contributed by atoms with Crippen molar-refractivity contribution in [3.63, 3.8) is 0 Å². The Bertz CT molecular complexity index is 204. The molecule has 1 saturated heterocycles. The van der Waals surface area contributed by atoms with Crippen molar-refractivity contribution in [3.8, 4) is 0 Å². The molecule has 2 rings (SSSR count). The molecule has 2 bridgehead atoms. The van der Waals surface area contributed by atoms with Gasteiger partial charge in [-0.25, -0.2) is 0 Å². The number of fused-ring (bicyclic) bond motifs is 2. The van der Waals surface area contributed by atoms with Crippen LogP contribution in [0, 0.1) is 5.92 Å². The van der Waals surface area contributed by atoms with E-state index in [0.29, 0.717) is 0 Å². The molecule has 0 unspecified atom stereocenters. The van der Waals surface area contributed by atoms with Crippen LogP contribution in [0.4, 0.5) is 0 Å². The molecule has 0 aromatic rings. The Morgan fingerprint density at radius 2 is 2.45 bits per heavy atom. The minimum Gasteiger partial charge on any atom is -0.392 e. The number of carbonyl (C=O) groups is 1. The second kappa shape index (κ2) is 1.97. The molecule has 1 amide bonds. The summed E-state index contributed by atoms with van der Waals surface area (Å²) in [6.45, 7) is 2.05. The first kappa shape index (κ1) is 7.10. The smallest absolute Gasteiger partial charge is 0.226 e. The molecule has 1 heterocycles. The van der Waals surface area contributed by atoms with E-state index in [2.05, 4.69) is 12.2 Å². The zero-order chi connectivity index (χ0) is 8.06. The summed E-state index contributed by atoms with van der Waals surface area (Å²) in [6, 6.07) is 0. The molecule has 1 aliphatic heterocycles. The summed E-state index contributed by atoms with van der Waals surface area (Å²) in [5, 5.41) is 12.3. The highest BCUT2D eigenvalue weighted by Crippen LogP contribution is 2.37. The first-order chi connectivity index (χ1) is 5.11. The second-order valence-electron chi connectivity index (χ2n) is 3.97. The van der Waals surface area contributed by atoms with Gasteiger partial charge in [0.05, 0.1) is 12.0 Å². The average Bonchev–Trinajstić information content (AvgIpc) is 2.18. The third-order valence-corrected chi connectivity index (χ3v) is 2.89. The van der Waals surface area contributed by atoms with Gasteiger partial charge in [0, 0.05) is 5.54 Å². The number of aliphatic hydroxyl groups is 1. The minimum absolute atomic E-state index is 0.0129. The number of hydrogen-bond donors (Lipinski definition) is 2. The highest BCUT2D eigenvalue weighted by molar-refractivity contribution is 5.83. The molecular formula is C8H13NO2. The molecule has 1 saturated carbocycles. The van der Waals surface area contributed by atoms with Gasteiger partial charge in [-0.15, -0.1) is 0 Å². The highest BCUT2D eigenvalue weighted by Gasteiger charge is 2.47. The summed E-state index contributed by atoms with van der Waals surface area (Å²) in [4.78, 5) is 11.2. The summed E-state index contributed by atoms with van der Waals surface area (Å²) in [6.07, 6.45) is 2.09. The van der Waals surface area contributed by atoms with Gasteiger partial charge >= 0.3 is 0 Å². The van der Waals surface area contributed by atoms with Gasteiger partial charge in [-0.05, 0) is 26.2 Å². The fourth-order valence-electron chi connectivity index (χ4n) is 2.16. The van der Waals surface area contributed by atoms with E-state index in [1.165, 1.54) is 0 Å². The van der Waals surface area contributed by atoms with E-state index in [1.807, 2.05) is 0 Å². The molecule has 1 aliphatic carbocycles. The largest absolute Gasteiger partial charge is 0.392 e. The van der Waals surface area contributed by atoms with Crippen LogP contribution >= 0.6 is 0 Å². The van der Waals surface area contributed by atoms with Gasteiger partial charge in [0.15, 0.2) is 0 Å². The summed E-state index contributed by atoms with van der Waals surface area (Å²) >= 11 is 0. The molecule has 2 aliphatic rings. The van der Waals surface area contributed by atoms with Crippen LogP contribution in [-0.2, 0) is 4.79 Å². The van der Waals surface area contributed by atoms with Crippen molar-refractivity contribution in [1.82, 2.24) is 5.32 Å². The van der Waals surface area contributed by atoms with E-state index in [9.17, 15) is 9.90 Å². The molecule has 0 aromatic carbocycles. The van der Waals surface area contributed by atoms with Crippen LogP contribution in [0.2, 0.25) is 0 Å². The highest BCUT2D eigenvalue weighted by atomic mass is 16.3. The Hall–Kier alpha value is -0.570. The van der Waals surface area contributed by atoms with Gasteiger partial charge in [0.1, 0.15) is 0 Å². The van der Waals surface area contributed by atoms with Gasteiger partial charge in [0.2, 0.25) is 5.91 Å². The zero-order valence-corrected chi connectivity index (χ0v) is 6.63. The summed E-state index contributed by atoms with van der Waals surface area (Å²) in [5.74, 6) is -0.0914. The van der Waals surface area contributed by atoms with Crippen molar-refractivity contribution in [1.29, 1.82) is 0 Å². The monoisotopic (exact) mass is 155 g/mol. The first-order valence-electron chi connectivity index (χ1n) is 4.11. The molecule has 0 spiro atoms. The summed E-state index contributed by atoms with van der Waals surface area (Å²) < 4.78 is 0. The van der Waals surface area contributed by atoms with E-state index in [-0.39, 0.29) is 17.4 Å². The van der Waals surface area contributed by atoms with Crippen molar-refractivity contribution in [2.45, 2.75) is 37.8 Å². The van der Waals surface area contributed by atoms with Crippen molar-refractivity contribution in [3.05, 3.63) is 0 Å². The lowest BCUT2D eigenvalue weighted by Gasteiger charge is -2.29. The number of carbonyl (C=O) groups excluding carboxylic acids is 1. The minimum atomic E-state index is -0.398. The Labute approximate surface area is 65.8 Å². The van der Waals surface area contributed by atoms with Gasteiger partial charge in [-0.2, -0.15) is 0 Å². The van der Waals surface area contributed by atoms with Crippen molar-refractivity contribution in [2.24, 2.45) is 5.92 Å². The van der Waals surface area contributed by atoms with E-state index >= 15 is 0 Å². The van der Waals surface area contributed by atoms with Gasteiger partial charge in [-0.1, -0.05) is 0 Å². The standard InChI is InChI=1S/C8H13NO2/c1-8-3-2-6(10)5(4-8)7(11)9-8/h5-6,10H,2-4H2,1H3,(H,9,11)/t5-,6-,8+/m0/s1. The Morgan fingerprint density at radius 3 is 3.09 bits per heavy atom. The number of rotatable bonds is 0. The molecule has 3 nitrogen and oxygen atoms in total. The van der Waals surface area contributed by atoms with Crippen LogP contribution in [0.1, 0.15) is 26.2 Å². The predicted molar refractivity (Wildman–Crippen MR) is 39.9 cm³/mol. The molecule has 11 heavy (non-hydrogen) atoms. The van der Waals surface area contributed by atoms with E-state index in [4.69, 9.17) is 0 Å².